The molecule has 0 aliphatic carbocycles. The van der Waals surface area contributed by atoms with Gasteiger partial charge in [0.1, 0.15) is 18.8 Å². The highest BCUT2D eigenvalue weighted by atomic mass is 32.7. The molecule has 0 N–H and O–H groups in total. The molecule has 0 saturated carbocycles. The molecule has 17 heteroatoms. The fourth-order valence-electron chi connectivity index (χ4n) is 3.21. The van der Waals surface area contributed by atoms with E-state index in [1.807, 2.05) is 6.07 Å². The molecule has 12 nitrogen and oxygen atoms in total. The van der Waals surface area contributed by atoms with E-state index in [0.717, 1.165) is 0 Å². The predicted octanol–water partition coefficient (Wildman–Crippen LogP) is 3.22. The van der Waals surface area contributed by atoms with Gasteiger partial charge in [0, 0.05) is 18.0 Å². The molecular weight excluding hydrogens is 543 g/mol. The molecule has 1 fully saturated rings. The summed E-state index contributed by atoms with van der Waals surface area (Å²) < 4.78 is 62.2. The molecule has 190 valence electrons. The van der Waals surface area contributed by atoms with Gasteiger partial charge in [0.05, 0.1) is 45.5 Å². The zero-order valence-corrected chi connectivity index (χ0v) is 21.7. The maximum Gasteiger partial charge on any atom is 0.386 e. The van der Waals surface area contributed by atoms with Gasteiger partial charge in [-0.1, -0.05) is 12.2 Å². The standard InChI is InChI=1S/C18H22FN5O7P2S2/c19-17-14-11-30-33(35,27-8-1-4-20)28-9-7-24-16(12-29-32(25,34)31-15(17)10-26-14)22-18(23-24)13-2-5-21-6-3-13/h2-3,5-6,14-15,17H,1,7-12H2,(H,25,34)/t14-,15+,17-,32?,33?/m1/s1. The van der Waals surface area contributed by atoms with Crippen LogP contribution in [0.15, 0.2) is 24.5 Å². The quantitative estimate of drug-likeness (QED) is 0.331. The third kappa shape index (κ3) is 7.14. The van der Waals surface area contributed by atoms with Gasteiger partial charge in [-0.05, 0) is 23.9 Å². The molecule has 35 heavy (non-hydrogen) atoms. The molecule has 0 amide bonds. The van der Waals surface area contributed by atoms with Crippen molar-refractivity contribution in [3.63, 3.8) is 0 Å². The number of pyridine rings is 1. The lowest BCUT2D eigenvalue weighted by molar-refractivity contribution is 0.0272. The molecule has 5 atom stereocenters. The summed E-state index contributed by atoms with van der Waals surface area (Å²) in [4.78, 5) is 8.43. The van der Waals surface area contributed by atoms with Gasteiger partial charge in [0.25, 0.3) is 0 Å². The third-order valence-corrected chi connectivity index (χ3v) is 8.94. The van der Waals surface area contributed by atoms with Gasteiger partial charge in [0.2, 0.25) is 0 Å². The predicted molar refractivity (Wildman–Crippen MR) is 127 cm³/mol. The van der Waals surface area contributed by atoms with Crippen molar-refractivity contribution < 1.29 is 36.3 Å². The van der Waals surface area contributed by atoms with Crippen LogP contribution in [0.5, 0.6) is 0 Å². The highest BCUT2D eigenvalue weighted by Crippen LogP contribution is 2.56. The molecule has 2 aliphatic rings. The second-order valence-electron chi connectivity index (χ2n) is 7.33. The molecule has 1 saturated heterocycles. The fraction of sp³-hybridized carbons (Fsp3) is 0.556. The van der Waals surface area contributed by atoms with E-state index in [0.29, 0.717) is 17.2 Å². The van der Waals surface area contributed by atoms with Crippen molar-refractivity contribution in [3.8, 4) is 17.5 Å². The summed E-state index contributed by atoms with van der Waals surface area (Å²) >= 11 is 9.42. The van der Waals surface area contributed by atoms with Crippen molar-refractivity contribution in [2.75, 3.05) is 26.4 Å². The van der Waals surface area contributed by atoms with Crippen molar-refractivity contribution in [1.29, 1.82) is 5.26 Å². The Morgan fingerprint density at radius 1 is 1.29 bits per heavy atom. The first-order valence-corrected chi connectivity index (χ1v) is 15.7. The van der Waals surface area contributed by atoms with Crippen molar-refractivity contribution in [1.82, 2.24) is 19.7 Å². The first-order chi connectivity index (χ1) is 16.8. The van der Waals surface area contributed by atoms with Crippen LogP contribution in [-0.2, 0) is 56.9 Å². The first kappa shape index (κ1) is 26.8. The zero-order valence-electron chi connectivity index (χ0n) is 18.2. The lowest BCUT2D eigenvalue weighted by atomic mass is 10.2. The van der Waals surface area contributed by atoms with E-state index in [-0.39, 0.29) is 46.0 Å². The smallest absolute Gasteiger partial charge is 0.370 e. The second-order valence-corrected chi connectivity index (χ2v) is 13.2. The molecule has 0 radical (unpaired) electrons. The minimum atomic E-state index is -3.98. The number of hydrogen-bond acceptors (Lipinski definition) is 12. The van der Waals surface area contributed by atoms with Crippen LogP contribution in [-0.4, -0.2) is 64.6 Å². The Bertz CT molecular complexity index is 1150. The average molecular weight is 565 g/mol. The van der Waals surface area contributed by atoms with Crippen molar-refractivity contribution in [2.45, 2.75) is 38.0 Å². The van der Waals surface area contributed by atoms with Crippen LogP contribution >= 0.6 is 25.8 Å². The summed E-state index contributed by atoms with van der Waals surface area (Å²) in [6.07, 6.45) is -0.665. The number of nitriles is 1. The minimum Gasteiger partial charge on any atom is -0.370 e. The van der Waals surface area contributed by atoms with Crippen molar-refractivity contribution in [2.24, 2.45) is 0 Å². The fourth-order valence-corrected chi connectivity index (χ4v) is 6.41. The van der Waals surface area contributed by atoms with Crippen molar-refractivity contribution >= 4 is 37.6 Å². The minimum absolute atomic E-state index is 0.00177. The van der Waals surface area contributed by atoms with Crippen LogP contribution < -0.4 is 0 Å². The number of hydrogen-bond donors (Lipinski definition) is 1. The van der Waals surface area contributed by atoms with E-state index in [9.17, 15) is 8.96 Å². The van der Waals surface area contributed by atoms with Gasteiger partial charge in [-0.3, -0.25) is 14.0 Å². The number of alkyl halides is 1. The number of halogens is 1. The summed E-state index contributed by atoms with van der Waals surface area (Å²) in [7, 11) is 0. The van der Waals surface area contributed by atoms with Gasteiger partial charge >= 0.3 is 13.5 Å². The summed E-state index contributed by atoms with van der Waals surface area (Å²) in [6, 6.07) is 5.41. The second kappa shape index (κ2) is 11.8. The largest absolute Gasteiger partial charge is 0.386 e. The molecule has 0 aromatic carbocycles. The summed E-state index contributed by atoms with van der Waals surface area (Å²) in [5, 5.41) is 13.3. The lowest BCUT2D eigenvalue weighted by Crippen LogP contribution is -2.30. The molecule has 2 bridgehead atoms. The Hall–Kier alpha value is -1.30. The summed E-state index contributed by atoms with van der Waals surface area (Å²) in [6.45, 7) is -7.95. The van der Waals surface area contributed by atoms with Crippen molar-refractivity contribution in [3.05, 3.63) is 30.4 Å². The number of aromatic nitrogens is 4. The number of fused-ring (bicyclic) bond motifs is 3. The molecule has 2 unspecified atom stereocenters. The molecule has 0 spiro atoms. The van der Waals surface area contributed by atoms with Gasteiger partial charge < -0.3 is 18.3 Å². The number of ether oxygens (including phenoxy) is 1. The first-order valence-electron chi connectivity index (χ1n) is 10.4. The van der Waals surface area contributed by atoms with Gasteiger partial charge in [-0.15, -0.1) is 0 Å². The molecule has 2 aliphatic heterocycles. The SMILES string of the molecule is N#CCCOP1(=S)OCCn2nc(-c3ccncc3)nc2COP(=O)(S)O[C@H]2CO[C@H](CO1)[C@H]2F. The maximum atomic E-state index is 14.9. The highest BCUT2D eigenvalue weighted by molar-refractivity contribution is 8.44. The third-order valence-electron chi connectivity index (χ3n) is 4.91. The van der Waals surface area contributed by atoms with E-state index in [2.05, 4.69) is 27.3 Å². The van der Waals surface area contributed by atoms with Gasteiger partial charge in [-0.2, -0.15) is 10.4 Å². The Kier molecular flexibility index (Phi) is 9.04. The lowest BCUT2D eigenvalue weighted by Gasteiger charge is -2.23. The van der Waals surface area contributed by atoms with Crippen LogP contribution in [0, 0.1) is 11.3 Å². The topological polar surface area (TPSA) is 140 Å². The Morgan fingerprint density at radius 3 is 2.86 bits per heavy atom. The van der Waals surface area contributed by atoms with Crippen LogP contribution in [0.1, 0.15) is 12.2 Å². The number of thiol groups is 1. The van der Waals surface area contributed by atoms with E-state index in [1.54, 1.807) is 24.5 Å². The van der Waals surface area contributed by atoms with E-state index in [1.165, 1.54) is 4.68 Å². The molecule has 2 aromatic rings. The molecular formula is C18H22FN5O7P2S2. The van der Waals surface area contributed by atoms with E-state index < -0.39 is 31.9 Å². The molecule has 2 aromatic heterocycles. The highest BCUT2D eigenvalue weighted by Gasteiger charge is 2.43. The Labute approximate surface area is 211 Å². The Balaban J connectivity index is 1.60. The summed E-state index contributed by atoms with van der Waals surface area (Å²) in [5.41, 5.74) is 0.698. The van der Waals surface area contributed by atoms with E-state index >= 15 is 0 Å². The van der Waals surface area contributed by atoms with Gasteiger partial charge in [-0.25, -0.2) is 18.6 Å². The van der Waals surface area contributed by atoms with E-state index in [4.69, 9.17) is 44.4 Å². The number of nitrogens with zero attached hydrogens (tertiary/aromatic N) is 5. The van der Waals surface area contributed by atoms with Crippen LogP contribution in [0.25, 0.3) is 11.4 Å². The molecule has 4 rings (SSSR count). The maximum absolute atomic E-state index is 14.9. The van der Waals surface area contributed by atoms with Crippen LogP contribution in [0.3, 0.4) is 0 Å². The average Bonchev–Trinajstić information content (AvgIpc) is 3.40. The molecule has 4 heterocycles. The van der Waals surface area contributed by atoms with Crippen LogP contribution in [0.2, 0.25) is 0 Å². The van der Waals surface area contributed by atoms with Crippen LogP contribution in [0.4, 0.5) is 4.39 Å². The summed E-state index contributed by atoms with van der Waals surface area (Å²) in [5.74, 6) is 0.670. The Morgan fingerprint density at radius 2 is 2.09 bits per heavy atom. The van der Waals surface area contributed by atoms with Gasteiger partial charge in [0.15, 0.2) is 17.8 Å². The normalized spacial score (nSPS) is 32.2. The monoisotopic (exact) mass is 565 g/mol. The zero-order chi connectivity index (χ0) is 24.9. The number of rotatable bonds is 4.